The second kappa shape index (κ2) is 3.94. The molecule has 0 radical (unpaired) electrons. The van der Waals surface area contributed by atoms with Crippen molar-refractivity contribution in [1.82, 2.24) is 0 Å². The van der Waals surface area contributed by atoms with Gasteiger partial charge in [-0.3, -0.25) is 0 Å². The fraction of sp³-hybridized carbons (Fsp3) is 0.400. The largest absolute Gasteiger partial charge is 0.394 e. The third-order valence-corrected chi connectivity index (χ3v) is 2.29. The Morgan fingerprint density at radius 2 is 2.14 bits per heavy atom. The van der Waals surface area contributed by atoms with Gasteiger partial charge in [-0.1, -0.05) is 0 Å². The lowest BCUT2D eigenvalue weighted by Gasteiger charge is -2.15. The second-order valence-corrected chi connectivity index (χ2v) is 3.30. The zero-order valence-electron chi connectivity index (χ0n) is 7.69. The van der Waals surface area contributed by atoms with E-state index in [0.717, 1.165) is 5.69 Å². The molecule has 0 aliphatic carbocycles. The summed E-state index contributed by atoms with van der Waals surface area (Å²) in [6.45, 7) is 1.14. The average molecular weight is 197 g/mol. The first kappa shape index (κ1) is 9.43. The molecule has 1 aromatic carbocycles. The summed E-state index contributed by atoms with van der Waals surface area (Å²) in [4.78, 5) is 1.96. The summed E-state index contributed by atoms with van der Waals surface area (Å²) in [5.74, 6) is -0.243. The minimum atomic E-state index is -0.243. The van der Waals surface area contributed by atoms with Crippen molar-refractivity contribution < 1.29 is 14.2 Å². The predicted molar refractivity (Wildman–Crippen MR) is 50.6 cm³/mol. The van der Waals surface area contributed by atoms with E-state index in [9.17, 15) is 4.39 Å². The number of benzene rings is 1. The highest BCUT2D eigenvalue weighted by atomic mass is 19.1. The number of rotatable bonds is 2. The summed E-state index contributed by atoms with van der Waals surface area (Å²) >= 11 is 0. The molecule has 0 bridgehead atoms. The van der Waals surface area contributed by atoms with Gasteiger partial charge < -0.3 is 14.7 Å². The van der Waals surface area contributed by atoms with Gasteiger partial charge in [-0.25, -0.2) is 4.39 Å². The first-order valence-electron chi connectivity index (χ1n) is 4.52. The Bertz CT molecular complexity index is 301. The minimum Gasteiger partial charge on any atom is -0.394 e. The van der Waals surface area contributed by atoms with Gasteiger partial charge in [0, 0.05) is 12.2 Å². The highest BCUT2D eigenvalue weighted by molar-refractivity contribution is 5.46. The van der Waals surface area contributed by atoms with E-state index < -0.39 is 0 Å². The maximum Gasteiger partial charge on any atom is 0.123 e. The third-order valence-electron chi connectivity index (χ3n) is 2.29. The van der Waals surface area contributed by atoms with Crippen LogP contribution >= 0.6 is 0 Å². The number of ether oxygens (including phenoxy) is 1. The first-order chi connectivity index (χ1) is 6.79. The Labute approximate surface area is 81.7 Å². The normalized spacial score (nSPS) is 21.6. The zero-order chi connectivity index (χ0) is 9.97. The van der Waals surface area contributed by atoms with E-state index in [0.29, 0.717) is 13.3 Å². The lowest BCUT2D eigenvalue weighted by Crippen LogP contribution is -2.23. The molecule has 1 aliphatic rings. The van der Waals surface area contributed by atoms with Gasteiger partial charge >= 0.3 is 0 Å². The zero-order valence-corrected chi connectivity index (χ0v) is 7.69. The molecule has 0 amide bonds. The van der Waals surface area contributed by atoms with Crippen LogP contribution < -0.4 is 4.90 Å². The van der Waals surface area contributed by atoms with Gasteiger partial charge in [0.25, 0.3) is 0 Å². The van der Waals surface area contributed by atoms with Gasteiger partial charge in [0.05, 0.1) is 6.61 Å². The Hall–Kier alpha value is -1.13. The molecule has 1 N–H and O–H groups in total. The van der Waals surface area contributed by atoms with Crippen molar-refractivity contribution in [3.8, 4) is 0 Å². The molecule has 1 heterocycles. The van der Waals surface area contributed by atoms with Gasteiger partial charge in [-0.15, -0.1) is 0 Å². The molecule has 76 valence electrons. The van der Waals surface area contributed by atoms with E-state index >= 15 is 0 Å². The van der Waals surface area contributed by atoms with Crippen molar-refractivity contribution in [3.63, 3.8) is 0 Å². The average Bonchev–Trinajstić information content (AvgIpc) is 2.67. The van der Waals surface area contributed by atoms with Crippen molar-refractivity contribution in [2.45, 2.75) is 6.10 Å². The molecule has 0 aromatic heterocycles. The van der Waals surface area contributed by atoms with Crippen molar-refractivity contribution >= 4 is 5.69 Å². The molecule has 0 spiro atoms. The Morgan fingerprint density at radius 3 is 2.71 bits per heavy atom. The Morgan fingerprint density at radius 1 is 1.43 bits per heavy atom. The van der Waals surface area contributed by atoms with Crippen molar-refractivity contribution in [2.24, 2.45) is 0 Å². The number of nitrogens with zero attached hydrogens (tertiary/aromatic N) is 1. The molecule has 0 saturated carbocycles. The second-order valence-electron chi connectivity index (χ2n) is 3.30. The first-order valence-corrected chi connectivity index (χ1v) is 4.52. The van der Waals surface area contributed by atoms with Crippen LogP contribution in [0.4, 0.5) is 10.1 Å². The smallest absolute Gasteiger partial charge is 0.123 e. The van der Waals surface area contributed by atoms with Crippen LogP contribution in [-0.2, 0) is 4.74 Å². The fourth-order valence-corrected chi connectivity index (χ4v) is 1.49. The number of hydrogen-bond donors (Lipinski definition) is 1. The molecule has 1 unspecified atom stereocenters. The topological polar surface area (TPSA) is 32.7 Å². The standard InChI is InChI=1S/C10H12FNO2/c11-8-1-3-9(4-2-8)12-5-10(6-13)14-7-12/h1-4,10,13H,5-7H2. The summed E-state index contributed by atoms with van der Waals surface area (Å²) in [6, 6.07) is 6.25. The molecule has 14 heavy (non-hydrogen) atoms. The SMILES string of the molecule is OCC1CN(c2ccc(F)cc2)CO1. The molecule has 4 heteroatoms. The van der Waals surface area contributed by atoms with E-state index in [1.807, 2.05) is 4.90 Å². The van der Waals surface area contributed by atoms with E-state index in [-0.39, 0.29) is 18.5 Å². The number of aliphatic hydroxyl groups excluding tert-OH is 1. The molecular weight excluding hydrogens is 185 g/mol. The van der Waals surface area contributed by atoms with E-state index in [1.165, 1.54) is 12.1 Å². The monoisotopic (exact) mass is 197 g/mol. The van der Waals surface area contributed by atoms with Crippen LogP contribution in [0.1, 0.15) is 0 Å². The van der Waals surface area contributed by atoms with E-state index in [4.69, 9.17) is 9.84 Å². The fourth-order valence-electron chi connectivity index (χ4n) is 1.49. The molecule has 1 atom stereocenters. The van der Waals surface area contributed by atoms with Crippen molar-refractivity contribution in [2.75, 3.05) is 24.8 Å². The molecule has 3 nitrogen and oxygen atoms in total. The van der Waals surface area contributed by atoms with Crippen LogP contribution in [0.15, 0.2) is 24.3 Å². The van der Waals surface area contributed by atoms with Crippen LogP contribution in [0.2, 0.25) is 0 Å². The van der Waals surface area contributed by atoms with Gasteiger partial charge in [0.2, 0.25) is 0 Å². The van der Waals surface area contributed by atoms with Gasteiger partial charge in [-0.2, -0.15) is 0 Å². The van der Waals surface area contributed by atoms with Crippen LogP contribution in [0.25, 0.3) is 0 Å². The molecule has 1 aliphatic heterocycles. The summed E-state index contributed by atoms with van der Waals surface area (Å²) in [5.41, 5.74) is 0.919. The molecule has 1 saturated heterocycles. The summed E-state index contributed by atoms with van der Waals surface area (Å²) in [6.07, 6.45) is -0.125. The summed E-state index contributed by atoms with van der Waals surface area (Å²) < 4.78 is 17.9. The molecule has 1 aromatic rings. The van der Waals surface area contributed by atoms with Crippen molar-refractivity contribution in [3.05, 3.63) is 30.1 Å². The lowest BCUT2D eigenvalue weighted by atomic mass is 10.3. The minimum absolute atomic E-state index is 0.0255. The summed E-state index contributed by atoms with van der Waals surface area (Å²) in [5, 5.41) is 8.86. The number of aliphatic hydroxyl groups is 1. The maximum absolute atomic E-state index is 12.6. The lowest BCUT2D eigenvalue weighted by molar-refractivity contribution is 0.0645. The van der Waals surface area contributed by atoms with Gasteiger partial charge in [0.1, 0.15) is 18.7 Å². The molecule has 1 fully saturated rings. The van der Waals surface area contributed by atoms with Gasteiger partial charge in [0.15, 0.2) is 0 Å². The number of anilines is 1. The number of halogens is 1. The highest BCUT2D eigenvalue weighted by Crippen LogP contribution is 2.19. The summed E-state index contributed by atoms with van der Waals surface area (Å²) in [7, 11) is 0. The molecule has 2 rings (SSSR count). The Balaban J connectivity index is 2.06. The van der Waals surface area contributed by atoms with Crippen LogP contribution in [0, 0.1) is 5.82 Å². The van der Waals surface area contributed by atoms with E-state index in [1.54, 1.807) is 12.1 Å². The molecular formula is C10H12FNO2. The van der Waals surface area contributed by atoms with Gasteiger partial charge in [-0.05, 0) is 24.3 Å². The van der Waals surface area contributed by atoms with Crippen LogP contribution in [-0.4, -0.2) is 31.1 Å². The van der Waals surface area contributed by atoms with E-state index in [2.05, 4.69) is 0 Å². The maximum atomic E-state index is 12.6. The van der Waals surface area contributed by atoms with Crippen molar-refractivity contribution in [1.29, 1.82) is 0 Å². The quantitative estimate of drug-likeness (QED) is 0.767. The Kier molecular flexibility index (Phi) is 2.65. The highest BCUT2D eigenvalue weighted by Gasteiger charge is 2.22. The third kappa shape index (κ3) is 1.86. The predicted octanol–water partition coefficient (Wildman–Crippen LogP) is 0.981. The van der Waals surface area contributed by atoms with Crippen LogP contribution in [0.3, 0.4) is 0 Å². The van der Waals surface area contributed by atoms with Crippen LogP contribution in [0.5, 0.6) is 0 Å². The number of hydrogen-bond acceptors (Lipinski definition) is 3.